The predicted octanol–water partition coefficient (Wildman–Crippen LogP) is 2.35. The second-order valence-corrected chi connectivity index (χ2v) is 5.77. The second kappa shape index (κ2) is 6.10. The number of imidazole rings is 1. The molecule has 0 atom stereocenters. The van der Waals surface area contributed by atoms with Gasteiger partial charge in [0, 0.05) is 18.7 Å². The van der Waals surface area contributed by atoms with Crippen LogP contribution in [0.25, 0.3) is 22.4 Å². The maximum Gasteiger partial charge on any atom is 0.371 e. The zero-order valence-corrected chi connectivity index (χ0v) is 13.0. The number of H-pyrrole nitrogens is 1. The maximum atomic E-state index is 10.9. The molecule has 24 heavy (non-hydrogen) atoms. The Morgan fingerprint density at radius 2 is 2.08 bits per heavy atom. The molecule has 3 aromatic rings. The summed E-state index contributed by atoms with van der Waals surface area (Å²) in [5.41, 5.74) is 2.60. The number of aromatic carboxylic acids is 1. The van der Waals surface area contributed by atoms with E-state index in [1.807, 2.05) is 18.2 Å². The minimum Gasteiger partial charge on any atom is -0.475 e. The van der Waals surface area contributed by atoms with E-state index in [1.54, 1.807) is 6.07 Å². The smallest absolute Gasteiger partial charge is 0.371 e. The molecular formula is C17H17N3O4. The van der Waals surface area contributed by atoms with Gasteiger partial charge in [-0.05, 0) is 30.3 Å². The highest BCUT2D eigenvalue weighted by Gasteiger charge is 2.14. The van der Waals surface area contributed by atoms with E-state index < -0.39 is 5.97 Å². The van der Waals surface area contributed by atoms with Crippen LogP contribution in [0.4, 0.5) is 0 Å². The summed E-state index contributed by atoms with van der Waals surface area (Å²) in [4.78, 5) is 21.2. The average molecular weight is 327 g/mol. The Balaban J connectivity index is 1.59. The Labute approximate surface area is 137 Å². The number of nitrogens with one attached hydrogen (secondary N) is 1. The normalized spacial score (nSPS) is 15.8. The molecule has 0 spiro atoms. The summed E-state index contributed by atoms with van der Waals surface area (Å²) in [5.74, 6) is 0.299. The fourth-order valence-corrected chi connectivity index (χ4v) is 2.87. The van der Waals surface area contributed by atoms with Crippen LogP contribution in [-0.2, 0) is 11.3 Å². The SMILES string of the molecule is O=C(O)c1ccc(-c2ccc3nc(CN4CCOCC4)[nH]c3c2)o1. The van der Waals surface area contributed by atoms with Crippen molar-refractivity contribution in [3.05, 3.63) is 41.9 Å². The second-order valence-electron chi connectivity index (χ2n) is 5.77. The minimum absolute atomic E-state index is 0.0669. The monoisotopic (exact) mass is 327 g/mol. The van der Waals surface area contributed by atoms with Gasteiger partial charge in [0.2, 0.25) is 5.76 Å². The minimum atomic E-state index is -1.07. The van der Waals surface area contributed by atoms with Gasteiger partial charge < -0.3 is 19.2 Å². The van der Waals surface area contributed by atoms with Crippen molar-refractivity contribution in [2.24, 2.45) is 0 Å². The van der Waals surface area contributed by atoms with Gasteiger partial charge in [-0.25, -0.2) is 9.78 Å². The summed E-state index contributed by atoms with van der Waals surface area (Å²) in [6, 6.07) is 8.84. The highest BCUT2D eigenvalue weighted by atomic mass is 16.5. The van der Waals surface area contributed by atoms with E-state index in [2.05, 4.69) is 14.9 Å². The van der Waals surface area contributed by atoms with E-state index >= 15 is 0 Å². The van der Waals surface area contributed by atoms with Crippen LogP contribution < -0.4 is 0 Å². The van der Waals surface area contributed by atoms with Crippen molar-refractivity contribution in [3.8, 4) is 11.3 Å². The third-order valence-electron chi connectivity index (χ3n) is 4.11. The quantitative estimate of drug-likeness (QED) is 0.764. The van der Waals surface area contributed by atoms with Crippen LogP contribution in [-0.4, -0.2) is 52.2 Å². The largest absolute Gasteiger partial charge is 0.475 e. The number of carbonyl (C=O) groups is 1. The van der Waals surface area contributed by atoms with E-state index in [-0.39, 0.29) is 5.76 Å². The molecule has 7 heteroatoms. The van der Waals surface area contributed by atoms with Crippen LogP contribution >= 0.6 is 0 Å². The van der Waals surface area contributed by atoms with E-state index in [0.29, 0.717) is 5.76 Å². The van der Waals surface area contributed by atoms with Crippen LogP contribution in [0.5, 0.6) is 0 Å². The lowest BCUT2D eigenvalue weighted by atomic mass is 10.1. The van der Waals surface area contributed by atoms with Gasteiger partial charge in [0.05, 0.1) is 30.8 Å². The van der Waals surface area contributed by atoms with Crippen LogP contribution in [0.2, 0.25) is 0 Å². The number of carboxylic acid groups (broad SMARTS) is 1. The molecule has 1 aromatic carbocycles. The summed E-state index contributed by atoms with van der Waals surface area (Å²) in [7, 11) is 0. The van der Waals surface area contributed by atoms with Gasteiger partial charge in [-0.2, -0.15) is 0 Å². The zero-order chi connectivity index (χ0) is 16.5. The first kappa shape index (κ1) is 14.9. The highest BCUT2D eigenvalue weighted by molar-refractivity contribution is 5.86. The van der Waals surface area contributed by atoms with E-state index in [9.17, 15) is 4.79 Å². The molecule has 7 nitrogen and oxygen atoms in total. The molecule has 1 aliphatic rings. The van der Waals surface area contributed by atoms with Crippen molar-refractivity contribution >= 4 is 17.0 Å². The molecule has 0 aliphatic carbocycles. The number of benzene rings is 1. The Hall–Kier alpha value is -2.64. The van der Waals surface area contributed by atoms with Crippen LogP contribution in [0, 0.1) is 0 Å². The molecule has 3 heterocycles. The average Bonchev–Trinajstić information content (AvgIpc) is 3.21. The fourth-order valence-electron chi connectivity index (χ4n) is 2.87. The summed E-state index contributed by atoms with van der Waals surface area (Å²) in [6.07, 6.45) is 0. The summed E-state index contributed by atoms with van der Waals surface area (Å²) >= 11 is 0. The number of aromatic amines is 1. The lowest BCUT2D eigenvalue weighted by Crippen LogP contribution is -2.35. The molecule has 0 bridgehead atoms. The maximum absolute atomic E-state index is 10.9. The number of hydrogen-bond donors (Lipinski definition) is 2. The third-order valence-corrected chi connectivity index (χ3v) is 4.11. The van der Waals surface area contributed by atoms with Crippen molar-refractivity contribution in [1.29, 1.82) is 0 Å². The molecule has 2 aromatic heterocycles. The third kappa shape index (κ3) is 2.91. The molecule has 1 aliphatic heterocycles. The lowest BCUT2D eigenvalue weighted by molar-refractivity contribution is 0.0332. The van der Waals surface area contributed by atoms with E-state index in [4.69, 9.17) is 14.3 Å². The zero-order valence-electron chi connectivity index (χ0n) is 13.0. The molecule has 0 radical (unpaired) electrons. The number of fused-ring (bicyclic) bond motifs is 1. The Morgan fingerprint density at radius 3 is 2.83 bits per heavy atom. The summed E-state index contributed by atoms with van der Waals surface area (Å²) in [5, 5.41) is 8.95. The molecule has 0 amide bonds. The highest BCUT2D eigenvalue weighted by Crippen LogP contribution is 2.25. The summed E-state index contributed by atoms with van der Waals surface area (Å²) in [6.45, 7) is 4.10. The van der Waals surface area contributed by atoms with Gasteiger partial charge in [-0.15, -0.1) is 0 Å². The van der Waals surface area contributed by atoms with Crippen molar-refractivity contribution in [2.45, 2.75) is 6.54 Å². The summed E-state index contributed by atoms with van der Waals surface area (Å²) < 4.78 is 10.7. The Bertz CT molecular complexity index is 877. The van der Waals surface area contributed by atoms with Crippen LogP contribution in [0.3, 0.4) is 0 Å². The molecule has 0 saturated carbocycles. The van der Waals surface area contributed by atoms with Gasteiger partial charge in [-0.1, -0.05) is 0 Å². The molecule has 1 fully saturated rings. The number of ether oxygens (including phenoxy) is 1. The number of morpholine rings is 1. The first-order valence-electron chi connectivity index (χ1n) is 7.81. The predicted molar refractivity (Wildman–Crippen MR) is 86.9 cm³/mol. The Kier molecular flexibility index (Phi) is 3.79. The molecule has 1 saturated heterocycles. The molecule has 2 N–H and O–H groups in total. The number of carboxylic acids is 1. The van der Waals surface area contributed by atoms with Crippen molar-refractivity contribution < 1.29 is 19.1 Å². The van der Waals surface area contributed by atoms with Crippen molar-refractivity contribution in [2.75, 3.05) is 26.3 Å². The first-order chi connectivity index (χ1) is 11.7. The number of hydrogen-bond acceptors (Lipinski definition) is 5. The van der Waals surface area contributed by atoms with Crippen molar-refractivity contribution in [1.82, 2.24) is 14.9 Å². The number of rotatable bonds is 4. The standard InChI is InChI=1S/C17H17N3O4/c21-17(22)15-4-3-14(24-15)11-1-2-12-13(9-11)19-16(18-12)10-20-5-7-23-8-6-20/h1-4,9H,5-8,10H2,(H,18,19)(H,21,22). The molecule has 4 rings (SSSR count). The number of aromatic nitrogens is 2. The fraction of sp³-hybridized carbons (Fsp3) is 0.294. The van der Waals surface area contributed by atoms with Gasteiger partial charge >= 0.3 is 5.97 Å². The van der Waals surface area contributed by atoms with Gasteiger partial charge in [-0.3, -0.25) is 4.90 Å². The topological polar surface area (TPSA) is 91.6 Å². The van der Waals surface area contributed by atoms with E-state index in [1.165, 1.54) is 6.07 Å². The molecular weight excluding hydrogens is 310 g/mol. The van der Waals surface area contributed by atoms with Crippen LogP contribution in [0.1, 0.15) is 16.4 Å². The van der Waals surface area contributed by atoms with Crippen molar-refractivity contribution in [3.63, 3.8) is 0 Å². The number of furan rings is 1. The van der Waals surface area contributed by atoms with E-state index in [0.717, 1.165) is 55.3 Å². The van der Waals surface area contributed by atoms with Gasteiger partial charge in [0.25, 0.3) is 0 Å². The van der Waals surface area contributed by atoms with Gasteiger partial charge in [0.15, 0.2) is 0 Å². The first-order valence-corrected chi connectivity index (χ1v) is 7.81. The Morgan fingerprint density at radius 1 is 1.25 bits per heavy atom. The molecule has 124 valence electrons. The number of nitrogens with zero attached hydrogens (tertiary/aromatic N) is 2. The lowest BCUT2D eigenvalue weighted by Gasteiger charge is -2.25. The van der Waals surface area contributed by atoms with Gasteiger partial charge in [0.1, 0.15) is 11.6 Å². The molecule has 0 unspecified atom stereocenters. The van der Waals surface area contributed by atoms with Crippen LogP contribution in [0.15, 0.2) is 34.7 Å².